The summed E-state index contributed by atoms with van der Waals surface area (Å²) in [5.41, 5.74) is 4.05. The predicted octanol–water partition coefficient (Wildman–Crippen LogP) is 5.24. The summed E-state index contributed by atoms with van der Waals surface area (Å²) < 4.78 is 5.42. The Kier molecular flexibility index (Phi) is 4.10. The Morgan fingerprint density at radius 3 is 2.68 bits per heavy atom. The fraction of sp³-hybridized carbons (Fsp3) is 0.190. The number of amides is 1. The van der Waals surface area contributed by atoms with Crippen LogP contribution in [0.2, 0.25) is 5.02 Å². The molecule has 0 aromatic heterocycles. The molecule has 4 rings (SSSR count). The molecule has 0 atom stereocenters. The molecule has 0 fully saturated rings. The largest absolute Gasteiger partial charge is 0.492 e. The van der Waals surface area contributed by atoms with Crippen molar-refractivity contribution < 1.29 is 9.53 Å². The van der Waals surface area contributed by atoms with Crippen molar-refractivity contribution in [1.29, 1.82) is 0 Å². The first-order valence-electron chi connectivity index (χ1n) is 8.44. The molecule has 0 bridgehead atoms. The first-order chi connectivity index (χ1) is 12.2. The summed E-state index contributed by atoms with van der Waals surface area (Å²) in [6, 6.07) is 15.5. The SMILES string of the molecule is CCOc1ccc(C(=O)Nc2ccc3c4c(cccc24)CC3)cc1Cl. The molecule has 0 aliphatic heterocycles. The van der Waals surface area contributed by atoms with Crippen LogP contribution in [0.15, 0.2) is 48.5 Å². The monoisotopic (exact) mass is 351 g/mol. The number of aryl methyl sites for hydroxylation is 2. The number of hydrogen-bond acceptors (Lipinski definition) is 2. The molecule has 1 aliphatic carbocycles. The Balaban J connectivity index is 1.66. The highest BCUT2D eigenvalue weighted by molar-refractivity contribution is 6.32. The van der Waals surface area contributed by atoms with Gasteiger partial charge in [-0.05, 0) is 60.5 Å². The zero-order chi connectivity index (χ0) is 17.4. The van der Waals surface area contributed by atoms with Crippen LogP contribution >= 0.6 is 11.6 Å². The summed E-state index contributed by atoms with van der Waals surface area (Å²) in [5.74, 6) is 0.412. The van der Waals surface area contributed by atoms with E-state index in [9.17, 15) is 4.79 Å². The molecule has 1 amide bonds. The standard InChI is InChI=1S/C21H18ClNO2/c1-2-25-19-11-9-15(12-17(19)22)21(24)23-18-10-8-14-7-6-13-4-3-5-16(18)20(13)14/h3-5,8-12H,2,6-7H2,1H3,(H,23,24). The van der Waals surface area contributed by atoms with E-state index in [1.165, 1.54) is 16.5 Å². The van der Waals surface area contributed by atoms with Crippen LogP contribution in [0.5, 0.6) is 5.75 Å². The van der Waals surface area contributed by atoms with Crippen molar-refractivity contribution in [2.24, 2.45) is 0 Å². The molecule has 4 heteroatoms. The number of halogens is 1. The first kappa shape index (κ1) is 16.0. The molecule has 0 saturated heterocycles. The minimum absolute atomic E-state index is 0.177. The van der Waals surface area contributed by atoms with Crippen LogP contribution in [0.4, 0.5) is 5.69 Å². The van der Waals surface area contributed by atoms with Gasteiger partial charge < -0.3 is 10.1 Å². The highest BCUT2D eigenvalue weighted by atomic mass is 35.5. The fourth-order valence-electron chi connectivity index (χ4n) is 3.46. The van der Waals surface area contributed by atoms with Gasteiger partial charge in [0.2, 0.25) is 0 Å². The second-order valence-corrected chi connectivity index (χ2v) is 6.55. The Bertz CT molecular complexity index is 971. The molecule has 3 aromatic rings. The Morgan fingerprint density at radius 2 is 1.92 bits per heavy atom. The molecule has 1 aliphatic rings. The molecule has 0 spiro atoms. The third kappa shape index (κ3) is 2.85. The molecule has 3 aromatic carbocycles. The van der Waals surface area contributed by atoms with Gasteiger partial charge in [-0.2, -0.15) is 0 Å². The second-order valence-electron chi connectivity index (χ2n) is 6.14. The van der Waals surface area contributed by atoms with E-state index in [-0.39, 0.29) is 5.91 Å². The van der Waals surface area contributed by atoms with Crippen LogP contribution in [0.1, 0.15) is 28.4 Å². The Labute approximate surface area is 151 Å². The number of hydrogen-bond donors (Lipinski definition) is 1. The van der Waals surface area contributed by atoms with E-state index < -0.39 is 0 Å². The molecule has 0 radical (unpaired) electrons. The smallest absolute Gasteiger partial charge is 0.255 e. The van der Waals surface area contributed by atoms with Crippen LogP contribution in [0, 0.1) is 0 Å². The van der Waals surface area contributed by atoms with E-state index in [1.807, 2.05) is 13.0 Å². The maximum absolute atomic E-state index is 12.7. The van der Waals surface area contributed by atoms with Crippen LogP contribution < -0.4 is 10.1 Å². The summed E-state index contributed by atoms with van der Waals surface area (Å²) >= 11 is 6.20. The Hall–Kier alpha value is -2.52. The lowest BCUT2D eigenvalue weighted by Crippen LogP contribution is -2.12. The molecule has 25 heavy (non-hydrogen) atoms. The van der Waals surface area contributed by atoms with Crippen molar-refractivity contribution >= 4 is 34.0 Å². The zero-order valence-corrected chi connectivity index (χ0v) is 14.7. The van der Waals surface area contributed by atoms with Crippen LogP contribution in [0.25, 0.3) is 10.8 Å². The minimum Gasteiger partial charge on any atom is -0.492 e. The van der Waals surface area contributed by atoms with Gasteiger partial charge in [0, 0.05) is 16.6 Å². The number of carbonyl (C=O) groups is 1. The van der Waals surface area contributed by atoms with Crippen molar-refractivity contribution in [1.82, 2.24) is 0 Å². The van der Waals surface area contributed by atoms with Crippen molar-refractivity contribution in [3.63, 3.8) is 0 Å². The second kappa shape index (κ2) is 6.41. The summed E-state index contributed by atoms with van der Waals surface area (Å²) in [6.45, 7) is 2.43. The van der Waals surface area contributed by atoms with Gasteiger partial charge in [-0.15, -0.1) is 0 Å². The van der Waals surface area contributed by atoms with Crippen LogP contribution in [0.3, 0.4) is 0 Å². The average Bonchev–Trinajstić information content (AvgIpc) is 3.04. The van der Waals surface area contributed by atoms with E-state index in [2.05, 4.69) is 29.6 Å². The molecule has 0 unspecified atom stereocenters. The zero-order valence-electron chi connectivity index (χ0n) is 13.9. The fourth-order valence-corrected chi connectivity index (χ4v) is 3.70. The summed E-state index contributed by atoms with van der Waals surface area (Å²) in [7, 11) is 0. The molecule has 126 valence electrons. The number of anilines is 1. The number of ether oxygens (including phenoxy) is 1. The summed E-state index contributed by atoms with van der Waals surface area (Å²) in [4.78, 5) is 12.7. The van der Waals surface area contributed by atoms with Crippen LogP contribution in [-0.4, -0.2) is 12.5 Å². The van der Waals surface area contributed by atoms with Crippen molar-refractivity contribution in [3.8, 4) is 5.75 Å². The summed E-state index contributed by atoms with van der Waals surface area (Å²) in [5, 5.41) is 5.84. The Morgan fingerprint density at radius 1 is 1.12 bits per heavy atom. The number of benzene rings is 3. The maximum Gasteiger partial charge on any atom is 0.255 e. The molecule has 3 nitrogen and oxygen atoms in total. The molecule has 0 saturated carbocycles. The first-order valence-corrected chi connectivity index (χ1v) is 8.82. The molecular formula is C21H18ClNO2. The topological polar surface area (TPSA) is 38.3 Å². The maximum atomic E-state index is 12.7. The predicted molar refractivity (Wildman–Crippen MR) is 102 cm³/mol. The van der Waals surface area contributed by atoms with Gasteiger partial charge in [-0.25, -0.2) is 0 Å². The van der Waals surface area contributed by atoms with Crippen LogP contribution in [-0.2, 0) is 12.8 Å². The average molecular weight is 352 g/mol. The van der Waals surface area contributed by atoms with Gasteiger partial charge >= 0.3 is 0 Å². The van der Waals surface area contributed by atoms with Gasteiger partial charge in [-0.1, -0.05) is 35.9 Å². The lowest BCUT2D eigenvalue weighted by Gasteiger charge is -2.12. The quantitative estimate of drug-likeness (QED) is 0.697. The minimum atomic E-state index is -0.177. The van der Waals surface area contributed by atoms with E-state index in [0.717, 1.165) is 23.9 Å². The number of nitrogens with one attached hydrogen (secondary N) is 1. The van der Waals surface area contributed by atoms with Gasteiger partial charge in [0.05, 0.1) is 11.6 Å². The highest BCUT2D eigenvalue weighted by Gasteiger charge is 2.17. The third-order valence-electron chi connectivity index (χ3n) is 4.62. The number of carbonyl (C=O) groups excluding carboxylic acids is 1. The molecular weight excluding hydrogens is 334 g/mol. The van der Waals surface area contributed by atoms with E-state index in [0.29, 0.717) is 22.9 Å². The van der Waals surface area contributed by atoms with Crippen molar-refractivity contribution in [3.05, 3.63) is 70.2 Å². The van der Waals surface area contributed by atoms with Crippen molar-refractivity contribution in [2.75, 3.05) is 11.9 Å². The lowest BCUT2D eigenvalue weighted by atomic mass is 10.0. The van der Waals surface area contributed by atoms with Crippen molar-refractivity contribution in [2.45, 2.75) is 19.8 Å². The van der Waals surface area contributed by atoms with Gasteiger partial charge in [0.25, 0.3) is 5.91 Å². The number of rotatable bonds is 4. The van der Waals surface area contributed by atoms with Gasteiger partial charge in [-0.3, -0.25) is 4.79 Å². The van der Waals surface area contributed by atoms with Gasteiger partial charge in [0.15, 0.2) is 0 Å². The van der Waals surface area contributed by atoms with E-state index in [4.69, 9.17) is 16.3 Å². The van der Waals surface area contributed by atoms with E-state index >= 15 is 0 Å². The molecule has 0 heterocycles. The van der Waals surface area contributed by atoms with Gasteiger partial charge in [0.1, 0.15) is 5.75 Å². The lowest BCUT2D eigenvalue weighted by molar-refractivity contribution is 0.102. The van der Waals surface area contributed by atoms with E-state index in [1.54, 1.807) is 18.2 Å². The normalized spacial score (nSPS) is 12.4. The highest BCUT2D eigenvalue weighted by Crippen LogP contribution is 2.35. The third-order valence-corrected chi connectivity index (χ3v) is 4.91. The summed E-state index contributed by atoms with van der Waals surface area (Å²) in [6.07, 6.45) is 2.14. The molecule has 1 N–H and O–H groups in total.